The Bertz CT molecular complexity index is 1330. The molecule has 246 valence electrons. The molecular weight excluding hydrogens is 577 g/mol. The predicted molar refractivity (Wildman–Crippen MR) is 184 cm³/mol. The number of aromatic carboxylic acids is 1. The first kappa shape index (κ1) is 31.8. The lowest BCUT2D eigenvalue weighted by Gasteiger charge is -2.68. The van der Waals surface area contributed by atoms with Crippen LogP contribution in [0.1, 0.15) is 108 Å². The van der Waals surface area contributed by atoms with Crippen LogP contribution in [0, 0.1) is 51.2 Å². The van der Waals surface area contributed by atoms with Crippen molar-refractivity contribution in [3.05, 3.63) is 41.5 Å². The third-order valence-corrected chi connectivity index (χ3v) is 15.7. The van der Waals surface area contributed by atoms with Gasteiger partial charge in [-0.1, -0.05) is 52.3 Å². The number of benzene rings is 1. The summed E-state index contributed by atoms with van der Waals surface area (Å²) < 4.78 is 0. The van der Waals surface area contributed by atoms with E-state index in [1.165, 1.54) is 67.6 Å². The fourth-order valence-corrected chi connectivity index (χ4v) is 13.8. The zero-order valence-corrected chi connectivity index (χ0v) is 29.0. The largest absolute Gasteiger partial charge is 0.478 e. The number of amides is 1. The van der Waals surface area contributed by atoms with Crippen LogP contribution in [0.3, 0.4) is 0 Å². The standard InChI is InChI=1S/C39H56N2O3S/c1-36(2)29(26-7-9-27(10-8-26)34(42)43)13-17-38(4)32(36)15-18-37(3)30-14-19-39(16-5-6-31(39)28(30)11-12-33(37)38)35(44)40-20-21-41-22-24-45-25-23-41/h7-10,13,28,30-33H,5-6,11-12,14-25H2,1-4H3,(H,40,44)(H,42,43). The van der Waals surface area contributed by atoms with Gasteiger partial charge in [-0.05, 0) is 127 Å². The van der Waals surface area contributed by atoms with E-state index in [-0.39, 0.29) is 16.2 Å². The van der Waals surface area contributed by atoms with E-state index in [2.05, 4.69) is 44.0 Å². The molecule has 1 aromatic carbocycles. The highest BCUT2D eigenvalue weighted by Gasteiger charge is 2.66. The number of rotatable bonds is 6. The highest BCUT2D eigenvalue weighted by molar-refractivity contribution is 7.99. The van der Waals surface area contributed by atoms with Gasteiger partial charge in [0, 0.05) is 37.7 Å². The summed E-state index contributed by atoms with van der Waals surface area (Å²) in [6, 6.07) is 7.58. The molecule has 1 amide bonds. The van der Waals surface area contributed by atoms with E-state index in [1.54, 1.807) is 12.1 Å². The van der Waals surface area contributed by atoms with Crippen LogP contribution in [-0.2, 0) is 4.79 Å². The van der Waals surface area contributed by atoms with Gasteiger partial charge in [-0.3, -0.25) is 9.69 Å². The van der Waals surface area contributed by atoms with Crippen LogP contribution in [0.15, 0.2) is 30.3 Å². The van der Waals surface area contributed by atoms with E-state index in [4.69, 9.17) is 0 Å². The molecular formula is C39H56N2O3S. The summed E-state index contributed by atoms with van der Waals surface area (Å²) in [4.78, 5) is 28.0. The first-order valence-corrected chi connectivity index (χ1v) is 19.3. The van der Waals surface area contributed by atoms with Crippen molar-refractivity contribution in [3.8, 4) is 0 Å². The van der Waals surface area contributed by atoms with Gasteiger partial charge >= 0.3 is 5.97 Å². The van der Waals surface area contributed by atoms with E-state index in [0.29, 0.717) is 40.6 Å². The number of hydrogen-bond acceptors (Lipinski definition) is 4. The molecule has 5 aliphatic carbocycles. The predicted octanol–water partition coefficient (Wildman–Crippen LogP) is 8.01. The summed E-state index contributed by atoms with van der Waals surface area (Å²) in [6.07, 6.45) is 14.7. The fraction of sp³-hybridized carbons (Fsp3) is 0.744. The van der Waals surface area contributed by atoms with E-state index in [9.17, 15) is 14.7 Å². The molecule has 0 bridgehead atoms. The van der Waals surface area contributed by atoms with Crippen LogP contribution in [0.2, 0.25) is 0 Å². The van der Waals surface area contributed by atoms with Gasteiger partial charge in [-0.25, -0.2) is 4.79 Å². The molecule has 5 nitrogen and oxygen atoms in total. The molecule has 7 rings (SSSR count). The van der Waals surface area contributed by atoms with Crippen molar-refractivity contribution in [1.82, 2.24) is 10.2 Å². The zero-order valence-electron chi connectivity index (χ0n) is 28.2. The quantitative estimate of drug-likeness (QED) is 0.333. The first-order valence-electron chi connectivity index (χ1n) is 18.1. The molecule has 5 fully saturated rings. The summed E-state index contributed by atoms with van der Waals surface area (Å²) >= 11 is 2.05. The average molecular weight is 633 g/mol. The molecule has 6 heteroatoms. The number of carboxylic acids is 1. The smallest absolute Gasteiger partial charge is 0.335 e. The van der Waals surface area contributed by atoms with Crippen molar-refractivity contribution >= 4 is 29.2 Å². The van der Waals surface area contributed by atoms with Gasteiger partial charge in [-0.15, -0.1) is 0 Å². The topological polar surface area (TPSA) is 69.6 Å². The molecule has 8 unspecified atom stereocenters. The van der Waals surface area contributed by atoms with Gasteiger partial charge in [-0.2, -0.15) is 11.8 Å². The summed E-state index contributed by atoms with van der Waals surface area (Å²) in [5.74, 6) is 5.29. The van der Waals surface area contributed by atoms with Crippen LogP contribution in [0.5, 0.6) is 0 Å². The number of carboxylic acid groups (broad SMARTS) is 1. The normalized spacial score (nSPS) is 40.7. The second-order valence-electron chi connectivity index (χ2n) is 16.8. The number of nitrogens with zero attached hydrogens (tertiary/aromatic N) is 1. The maximum absolute atomic E-state index is 14.0. The minimum Gasteiger partial charge on any atom is -0.478 e. The van der Waals surface area contributed by atoms with Crippen LogP contribution in [-0.4, -0.2) is 59.6 Å². The molecule has 1 aliphatic heterocycles. The second kappa shape index (κ2) is 11.7. The van der Waals surface area contributed by atoms with Crippen LogP contribution >= 0.6 is 11.8 Å². The molecule has 0 aromatic heterocycles. The Morgan fingerprint density at radius 1 is 0.889 bits per heavy atom. The number of carbonyl (C=O) groups is 2. The molecule has 1 heterocycles. The number of fused-ring (bicyclic) bond motifs is 7. The molecule has 6 aliphatic rings. The van der Waals surface area contributed by atoms with Gasteiger partial charge in [0.05, 0.1) is 11.0 Å². The lowest BCUT2D eigenvalue weighted by molar-refractivity contribution is -0.181. The van der Waals surface area contributed by atoms with Crippen molar-refractivity contribution in [2.45, 2.75) is 91.9 Å². The van der Waals surface area contributed by atoms with Crippen molar-refractivity contribution in [3.63, 3.8) is 0 Å². The van der Waals surface area contributed by atoms with Gasteiger partial charge in [0.25, 0.3) is 0 Å². The van der Waals surface area contributed by atoms with Crippen LogP contribution in [0.25, 0.3) is 5.57 Å². The second-order valence-corrected chi connectivity index (χ2v) is 18.1. The summed E-state index contributed by atoms with van der Waals surface area (Å²) in [5.41, 5.74) is 3.46. The monoisotopic (exact) mass is 632 g/mol. The highest BCUT2D eigenvalue weighted by atomic mass is 32.2. The van der Waals surface area contributed by atoms with Crippen molar-refractivity contribution in [2.75, 3.05) is 37.7 Å². The van der Waals surface area contributed by atoms with E-state index < -0.39 is 5.97 Å². The lowest BCUT2D eigenvalue weighted by Crippen LogP contribution is -2.62. The van der Waals surface area contributed by atoms with Crippen molar-refractivity contribution in [2.24, 2.45) is 51.2 Å². The molecule has 45 heavy (non-hydrogen) atoms. The molecule has 0 spiro atoms. The average Bonchev–Trinajstić information content (AvgIpc) is 3.47. The van der Waals surface area contributed by atoms with Crippen molar-refractivity contribution in [1.29, 1.82) is 0 Å². The zero-order chi connectivity index (χ0) is 31.6. The Labute approximate surface area is 275 Å². The number of allylic oxidation sites excluding steroid dienone is 2. The molecule has 2 N–H and O–H groups in total. The van der Waals surface area contributed by atoms with Crippen LogP contribution in [0.4, 0.5) is 0 Å². The van der Waals surface area contributed by atoms with Gasteiger partial charge < -0.3 is 10.4 Å². The Morgan fingerprint density at radius 3 is 2.38 bits per heavy atom. The number of nitrogens with one attached hydrogen (secondary N) is 1. The van der Waals surface area contributed by atoms with Gasteiger partial charge in [0.15, 0.2) is 0 Å². The van der Waals surface area contributed by atoms with E-state index >= 15 is 0 Å². The maximum atomic E-state index is 14.0. The molecule has 4 saturated carbocycles. The van der Waals surface area contributed by atoms with Crippen LogP contribution < -0.4 is 5.32 Å². The minimum atomic E-state index is -0.862. The Kier molecular flexibility index (Phi) is 8.28. The Hall–Kier alpha value is -1.79. The SMILES string of the molecule is CC1(C)C(c2ccc(C(=O)O)cc2)=CCC2(C)C1CCC1(C)C3CCC4(C(=O)NCCN5CCSCC5)CCCC4C3CCC12. The van der Waals surface area contributed by atoms with E-state index in [1.807, 2.05) is 23.9 Å². The van der Waals surface area contributed by atoms with Gasteiger partial charge in [0.2, 0.25) is 5.91 Å². The highest BCUT2D eigenvalue weighted by Crippen LogP contribution is 2.73. The third-order valence-electron chi connectivity index (χ3n) is 14.8. The summed E-state index contributed by atoms with van der Waals surface area (Å²) in [6.45, 7) is 14.3. The first-order chi connectivity index (χ1) is 21.5. The number of thioether (sulfide) groups is 1. The number of hydrogen-bond donors (Lipinski definition) is 2. The Balaban J connectivity index is 1.09. The third kappa shape index (κ3) is 5.05. The molecule has 1 saturated heterocycles. The fourth-order valence-electron chi connectivity index (χ4n) is 12.8. The molecule has 0 radical (unpaired) electrons. The van der Waals surface area contributed by atoms with E-state index in [0.717, 1.165) is 51.4 Å². The van der Waals surface area contributed by atoms with Crippen molar-refractivity contribution < 1.29 is 14.7 Å². The lowest BCUT2D eigenvalue weighted by atomic mass is 9.36. The molecule has 1 aromatic rings. The summed E-state index contributed by atoms with van der Waals surface area (Å²) in [5, 5.41) is 12.9. The maximum Gasteiger partial charge on any atom is 0.335 e. The van der Waals surface area contributed by atoms with Gasteiger partial charge in [0.1, 0.15) is 0 Å². The summed E-state index contributed by atoms with van der Waals surface area (Å²) in [7, 11) is 0. The number of carbonyl (C=O) groups excluding carboxylic acids is 1. The molecule has 8 atom stereocenters. The Morgan fingerprint density at radius 2 is 1.64 bits per heavy atom. The minimum absolute atomic E-state index is 0.0359.